The summed E-state index contributed by atoms with van der Waals surface area (Å²) in [5, 5.41) is 3.27. The van der Waals surface area contributed by atoms with Gasteiger partial charge in [0.15, 0.2) is 0 Å². The normalized spacial score (nSPS) is 12.3. The standard InChI is InChI=1S/C19H16ClNO5/c1-24-14-4-5-16(15(9-14)19(23)25-2)21-18(22)12-7-11-8-13(20)3-6-17(11)26-10-12/h3-9H,10H2,1-2H3,(H,21,22). The van der Waals surface area contributed by atoms with Gasteiger partial charge in [-0.3, -0.25) is 4.79 Å². The first kappa shape index (κ1) is 17.8. The third kappa shape index (κ3) is 3.65. The molecule has 0 aromatic heterocycles. The maximum Gasteiger partial charge on any atom is 0.340 e. The summed E-state index contributed by atoms with van der Waals surface area (Å²) in [7, 11) is 2.76. The lowest BCUT2D eigenvalue weighted by Gasteiger charge is -2.18. The van der Waals surface area contributed by atoms with Crippen LogP contribution >= 0.6 is 11.6 Å². The van der Waals surface area contributed by atoms with E-state index in [9.17, 15) is 9.59 Å². The molecule has 0 bridgehead atoms. The third-order valence-electron chi connectivity index (χ3n) is 3.86. The number of carbonyl (C=O) groups is 2. The summed E-state index contributed by atoms with van der Waals surface area (Å²) in [6.07, 6.45) is 1.71. The molecule has 134 valence electrons. The zero-order chi connectivity index (χ0) is 18.7. The molecule has 1 heterocycles. The maximum atomic E-state index is 12.6. The highest BCUT2D eigenvalue weighted by Crippen LogP contribution is 2.30. The topological polar surface area (TPSA) is 73.9 Å². The zero-order valence-electron chi connectivity index (χ0n) is 14.2. The predicted octanol–water partition coefficient (Wildman–Crippen LogP) is 3.55. The monoisotopic (exact) mass is 373 g/mol. The Morgan fingerprint density at radius 2 is 1.96 bits per heavy atom. The lowest BCUT2D eigenvalue weighted by Crippen LogP contribution is -2.22. The number of benzene rings is 2. The summed E-state index contributed by atoms with van der Waals surface area (Å²) in [6, 6.07) is 9.92. The van der Waals surface area contributed by atoms with Crippen molar-refractivity contribution >= 4 is 35.2 Å². The highest BCUT2D eigenvalue weighted by Gasteiger charge is 2.20. The van der Waals surface area contributed by atoms with E-state index in [0.717, 1.165) is 5.56 Å². The number of fused-ring (bicyclic) bond motifs is 1. The van der Waals surface area contributed by atoms with Crippen molar-refractivity contribution in [2.45, 2.75) is 0 Å². The molecule has 2 aromatic rings. The molecule has 0 unspecified atom stereocenters. The first-order valence-corrected chi connectivity index (χ1v) is 8.10. The van der Waals surface area contributed by atoms with Gasteiger partial charge in [0.1, 0.15) is 18.1 Å². The van der Waals surface area contributed by atoms with E-state index in [1.165, 1.54) is 20.3 Å². The number of halogens is 1. The second-order valence-corrected chi connectivity index (χ2v) is 5.93. The van der Waals surface area contributed by atoms with Crippen LogP contribution in [0, 0.1) is 0 Å². The average molecular weight is 374 g/mol. The molecule has 26 heavy (non-hydrogen) atoms. The first-order valence-electron chi connectivity index (χ1n) is 7.72. The minimum atomic E-state index is -0.579. The predicted molar refractivity (Wildman–Crippen MR) is 97.9 cm³/mol. The molecule has 3 rings (SSSR count). The minimum absolute atomic E-state index is 0.115. The summed E-state index contributed by atoms with van der Waals surface area (Å²) in [5.41, 5.74) is 1.64. The van der Waals surface area contributed by atoms with Crippen LogP contribution in [0.4, 0.5) is 5.69 Å². The summed E-state index contributed by atoms with van der Waals surface area (Å²) in [6.45, 7) is 0.115. The molecule has 6 nitrogen and oxygen atoms in total. The fourth-order valence-corrected chi connectivity index (χ4v) is 2.70. The average Bonchev–Trinajstić information content (AvgIpc) is 2.66. The van der Waals surface area contributed by atoms with Crippen LogP contribution in [0.5, 0.6) is 11.5 Å². The number of methoxy groups -OCH3 is 2. The van der Waals surface area contributed by atoms with Gasteiger partial charge in [-0.2, -0.15) is 0 Å². The Hall–Kier alpha value is -2.99. The number of esters is 1. The molecule has 1 aliphatic heterocycles. The van der Waals surface area contributed by atoms with Crippen LogP contribution in [-0.4, -0.2) is 32.7 Å². The van der Waals surface area contributed by atoms with Crippen LogP contribution in [0.1, 0.15) is 15.9 Å². The number of ether oxygens (including phenoxy) is 3. The van der Waals surface area contributed by atoms with Gasteiger partial charge in [0, 0.05) is 10.6 Å². The van der Waals surface area contributed by atoms with Gasteiger partial charge in [-0.15, -0.1) is 0 Å². The fourth-order valence-electron chi connectivity index (χ4n) is 2.52. The zero-order valence-corrected chi connectivity index (χ0v) is 14.9. The van der Waals surface area contributed by atoms with Gasteiger partial charge in [0.05, 0.1) is 31.0 Å². The van der Waals surface area contributed by atoms with Gasteiger partial charge in [0.25, 0.3) is 5.91 Å². The molecule has 0 saturated heterocycles. The van der Waals surface area contributed by atoms with Gasteiger partial charge in [-0.05, 0) is 42.5 Å². The molecule has 0 spiro atoms. The number of carbonyl (C=O) groups excluding carboxylic acids is 2. The Bertz CT molecular complexity index is 907. The van der Waals surface area contributed by atoms with E-state index in [1.807, 2.05) is 0 Å². The SMILES string of the molecule is COC(=O)c1cc(OC)ccc1NC(=O)C1=Cc2cc(Cl)ccc2OC1. The van der Waals surface area contributed by atoms with Crippen molar-refractivity contribution in [3.05, 3.63) is 58.1 Å². The highest BCUT2D eigenvalue weighted by molar-refractivity contribution is 6.30. The summed E-state index contributed by atoms with van der Waals surface area (Å²) < 4.78 is 15.5. The summed E-state index contributed by atoms with van der Waals surface area (Å²) in [4.78, 5) is 24.6. The molecule has 2 aromatic carbocycles. The third-order valence-corrected chi connectivity index (χ3v) is 4.09. The van der Waals surface area contributed by atoms with Gasteiger partial charge in [0.2, 0.25) is 0 Å². The van der Waals surface area contributed by atoms with Crippen molar-refractivity contribution in [1.29, 1.82) is 0 Å². The van der Waals surface area contributed by atoms with Crippen LogP contribution in [0.15, 0.2) is 42.0 Å². The molecule has 1 N–H and O–H groups in total. The van der Waals surface area contributed by atoms with Crippen molar-refractivity contribution in [2.24, 2.45) is 0 Å². The van der Waals surface area contributed by atoms with Crippen molar-refractivity contribution in [3.63, 3.8) is 0 Å². The Balaban J connectivity index is 1.88. The van der Waals surface area contributed by atoms with Crippen LogP contribution in [0.25, 0.3) is 6.08 Å². The van der Waals surface area contributed by atoms with Gasteiger partial charge in [-0.25, -0.2) is 4.79 Å². The number of rotatable bonds is 4. The van der Waals surface area contributed by atoms with Crippen LogP contribution < -0.4 is 14.8 Å². The van der Waals surface area contributed by atoms with Crippen LogP contribution in [0.2, 0.25) is 5.02 Å². The molecular weight excluding hydrogens is 358 g/mol. The van der Waals surface area contributed by atoms with E-state index in [2.05, 4.69) is 5.32 Å². The van der Waals surface area contributed by atoms with E-state index in [0.29, 0.717) is 27.8 Å². The van der Waals surface area contributed by atoms with E-state index in [1.54, 1.807) is 36.4 Å². The maximum absolute atomic E-state index is 12.6. The number of anilines is 1. The van der Waals surface area contributed by atoms with Gasteiger partial charge in [-0.1, -0.05) is 11.6 Å². The van der Waals surface area contributed by atoms with E-state index in [-0.39, 0.29) is 18.1 Å². The lowest BCUT2D eigenvalue weighted by molar-refractivity contribution is -0.113. The number of hydrogen-bond acceptors (Lipinski definition) is 5. The molecule has 0 radical (unpaired) electrons. The largest absolute Gasteiger partial charge is 0.497 e. The number of nitrogens with one attached hydrogen (secondary N) is 1. The first-order chi connectivity index (χ1) is 12.5. The van der Waals surface area contributed by atoms with Gasteiger partial charge >= 0.3 is 5.97 Å². The molecular formula is C19H16ClNO5. The molecule has 7 heteroatoms. The molecule has 0 saturated carbocycles. The Kier molecular flexibility index (Phi) is 5.14. The second kappa shape index (κ2) is 7.49. The quantitative estimate of drug-likeness (QED) is 0.829. The van der Waals surface area contributed by atoms with Crippen LogP contribution in [-0.2, 0) is 9.53 Å². The molecule has 0 atom stereocenters. The van der Waals surface area contributed by atoms with Crippen LogP contribution in [0.3, 0.4) is 0 Å². The van der Waals surface area contributed by atoms with Crippen molar-refractivity contribution in [2.75, 3.05) is 26.1 Å². The number of amides is 1. The second-order valence-electron chi connectivity index (χ2n) is 5.50. The molecule has 1 aliphatic rings. The molecule has 1 amide bonds. The van der Waals surface area contributed by atoms with Crippen molar-refractivity contribution in [1.82, 2.24) is 0 Å². The van der Waals surface area contributed by atoms with Crippen molar-refractivity contribution in [3.8, 4) is 11.5 Å². The number of hydrogen-bond donors (Lipinski definition) is 1. The fraction of sp³-hybridized carbons (Fsp3) is 0.158. The van der Waals surface area contributed by atoms with Gasteiger partial charge < -0.3 is 19.5 Å². The Labute approximate surface area is 155 Å². The highest BCUT2D eigenvalue weighted by atomic mass is 35.5. The van der Waals surface area contributed by atoms with E-state index >= 15 is 0 Å². The van der Waals surface area contributed by atoms with E-state index < -0.39 is 5.97 Å². The molecule has 0 fully saturated rings. The molecule has 0 aliphatic carbocycles. The Morgan fingerprint density at radius 1 is 1.15 bits per heavy atom. The summed E-state index contributed by atoms with van der Waals surface area (Å²) >= 11 is 5.99. The lowest BCUT2D eigenvalue weighted by atomic mass is 10.1. The summed E-state index contributed by atoms with van der Waals surface area (Å²) in [5.74, 6) is 0.175. The van der Waals surface area contributed by atoms with E-state index in [4.69, 9.17) is 25.8 Å². The Morgan fingerprint density at radius 3 is 2.69 bits per heavy atom. The van der Waals surface area contributed by atoms with Crippen molar-refractivity contribution < 1.29 is 23.8 Å². The minimum Gasteiger partial charge on any atom is -0.497 e. The smallest absolute Gasteiger partial charge is 0.340 e.